The highest BCUT2D eigenvalue weighted by molar-refractivity contribution is 9.10. The molecule has 0 saturated heterocycles. The average Bonchev–Trinajstić information content (AvgIpc) is 2.62. The number of rotatable bonds is 2. The normalized spacial score (nSPS) is 10.6. The Hall–Kier alpha value is -1.10. The van der Waals surface area contributed by atoms with Crippen LogP contribution in [0.15, 0.2) is 27.5 Å². The van der Waals surface area contributed by atoms with E-state index in [0.717, 1.165) is 10.2 Å². The van der Waals surface area contributed by atoms with Crippen LogP contribution >= 0.6 is 15.9 Å². The van der Waals surface area contributed by atoms with Crippen molar-refractivity contribution >= 4 is 15.9 Å². The molecule has 0 atom stereocenters. The molecule has 2 aromatic rings. The van der Waals surface area contributed by atoms with E-state index in [2.05, 4.69) is 26.0 Å². The minimum absolute atomic E-state index is 0.642. The molecule has 0 fully saturated rings. The van der Waals surface area contributed by atoms with Crippen LogP contribution in [0.25, 0.3) is 0 Å². The summed E-state index contributed by atoms with van der Waals surface area (Å²) in [6.45, 7) is 2.46. The highest BCUT2D eigenvalue weighted by Crippen LogP contribution is 2.08. The molecule has 0 aromatic carbocycles. The van der Waals surface area contributed by atoms with E-state index in [9.17, 15) is 0 Å². The third-order valence-corrected chi connectivity index (χ3v) is 2.00. The first-order chi connectivity index (χ1) is 6.24. The van der Waals surface area contributed by atoms with Crippen molar-refractivity contribution in [3.05, 3.63) is 34.7 Å². The predicted molar refractivity (Wildman–Crippen MR) is 50.3 cm³/mol. The lowest BCUT2D eigenvalue weighted by atomic mass is 10.5. The van der Waals surface area contributed by atoms with Gasteiger partial charge < -0.3 is 4.42 Å². The molecular weight excluding hydrogens is 234 g/mol. The first-order valence-electron chi connectivity index (χ1n) is 3.83. The molecule has 0 spiro atoms. The highest BCUT2D eigenvalue weighted by atomic mass is 79.9. The van der Waals surface area contributed by atoms with Gasteiger partial charge in [0.2, 0.25) is 0 Å². The molecule has 2 rings (SSSR count). The lowest BCUT2D eigenvalue weighted by Gasteiger charge is -1.94. The maximum Gasteiger partial charge on any atom is 0.191 e. The standard InChI is InChI=1S/C8H8BrN3O/c1-6-11-8(5-13-6)4-12-3-7(9)2-10-12/h2-3,5H,4H2,1H3. The van der Waals surface area contributed by atoms with E-state index in [1.807, 2.05) is 13.1 Å². The number of oxazole rings is 1. The van der Waals surface area contributed by atoms with Crippen LogP contribution in [0.2, 0.25) is 0 Å². The van der Waals surface area contributed by atoms with Crippen molar-refractivity contribution in [2.24, 2.45) is 0 Å². The zero-order valence-corrected chi connectivity index (χ0v) is 8.65. The second-order valence-electron chi connectivity index (χ2n) is 2.71. The summed E-state index contributed by atoms with van der Waals surface area (Å²) in [6.07, 6.45) is 5.28. The Balaban J connectivity index is 2.14. The molecule has 0 radical (unpaired) electrons. The lowest BCUT2D eigenvalue weighted by Crippen LogP contribution is -1.99. The first kappa shape index (κ1) is 8.50. The van der Waals surface area contributed by atoms with Gasteiger partial charge in [-0.15, -0.1) is 0 Å². The molecule has 0 saturated carbocycles. The molecular formula is C8H8BrN3O. The summed E-state index contributed by atoms with van der Waals surface area (Å²) in [5, 5.41) is 4.11. The molecule has 0 amide bonds. The number of aryl methyl sites for hydroxylation is 1. The molecule has 0 bridgehead atoms. The van der Waals surface area contributed by atoms with Gasteiger partial charge in [-0.1, -0.05) is 0 Å². The van der Waals surface area contributed by atoms with Crippen LogP contribution in [0, 0.1) is 6.92 Å². The van der Waals surface area contributed by atoms with Crippen molar-refractivity contribution in [1.82, 2.24) is 14.8 Å². The molecule has 0 N–H and O–H groups in total. The minimum atomic E-state index is 0.642. The maximum atomic E-state index is 5.08. The zero-order valence-electron chi connectivity index (χ0n) is 7.07. The summed E-state index contributed by atoms with van der Waals surface area (Å²) >= 11 is 3.32. The van der Waals surface area contributed by atoms with Gasteiger partial charge in [-0.05, 0) is 15.9 Å². The number of aromatic nitrogens is 3. The second-order valence-corrected chi connectivity index (χ2v) is 3.63. The summed E-state index contributed by atoms with van der Waals surface area (Å²) in [4.78, 5) is 4.17. The molecule has 0 aliphatic carbocycles. The number of hydrogen-bond acceptors (Lipinski definition) is 3. The fraction of sp³-hybridized carbons (Fsp3) is 0.250. The fourth-order valence-electron chi connectivity index (χ4n) is 1.07. The maximum absolute atomic E-state index is 5.08. The van der Waals surface area contributed by atoms with Crippen molar-refractivity contribution in [3.63, 3.8) is 0 Å². The quantitative estimate of drug-likeness (QED) is 0.808. The lowest BCUT2D eigenvalue weighted by molar-refractivity contribution is 0.519. The summed E-state index contributed by atoms with van der Waals surface area (Å²) in [7, 11) is 0. The van der Waals surface area contributed by atoms with Gasteiger partial charge in [-0.25, -0.2) is 4.98 Å². The monoisotopic (exact) mass is 241 g/mol. The van der Waals surface area contributed by atoms with E-state index in [4.69, 9.17) is 4.42 Å². The van der Waals surface area contributed by atoms with Crippen LogP contribution in [0.3, 0.4) is 0 Å². The average molecular weight is 242 g/mol. The van der Waals surface area contributed by atoms with E-state index in [0.29, 0.717) is 12.4 Å². The van der Waals surface area contributed by atoms with Gasteiger partial charge in [0.1, 0.15) is 12.0 Å². The van der Waals surface area contributed by atoms with Crippen LogP contribution < -0.4 is 0 Å². The Morgan fingerprint density at radius 3 is 3.00 bits per heavy atom. The Morgan fingerprint density at radius 2 is 2.46 bits per heavy atom. The van der Waals surface area contributed by atoms with Gasteiger partial charge in [0.15, 0.2) is 5.89 Å². The third-order valence-electron chi connectivity index (χ3n) is 1.59. The Kier molecular flexibility index (Phi) is 2.18. The highest BCUT2D eigenvalue weighted by Gasteiger charge is 2.01. The number of hydrogen-bond donors (Lipinski definition) is 0. The Morgan fingerprint density at radius 1 is 1.62 bits per heavy atom. The number of nitrogens with zero attached hydrogens (tertiary/aromatic N) is 3. The fourth-order valence-corrected chi connectivity index (χ4v) is 1.40. The molecule has 2 heterocycles. The van der Waals surface area contributed by atoms with E-state index in [1.165, 1.54) is 0 Å². The van der Waals surface area contributed by atoms with E-state index < -0.39 is 0 Å². The van der Waals surface area contributed by atoms with Crippen LogP contribution in [0.1, 0.15) is 11.6 Å². The SMILES string of the molecule is Cc1nc(Cn2cc(Br)cn2)co1. The van der Waals surface area contributed by atoms with Crippen molar-refractivity contribution in [1.29, 1.82) is 0 Å². The van der Waals surface area contributed by atoms with E-state index >= 15 is 0 Å². The third kappa shape index (κ3) is 1.98. The summed E-state index contributed by atoms with van der Waals surface area (Å²) in [6, 6.07) is 0. The van der Waals surface area contributed by atoms with E-state index in [1.54, 1.807) is 17.1 Å². The van der Waals surface area contributed by atoms with Crippen LogP contribution in [-0.2, 0) is 6.54 Å². The van der Waals surface area contributed by atoms with Crippen LogP contribution in [-0.4, -0.2) is 14.8 Å². The van der Waals surface area contributed by atoms with Gasteiger partial charge in [0.25, 0.3) is 0 Å². The predicted octanol–water partition coefficient (Wildman–Crippen LogP) is 1.99. The smallest absolute Gasteiger partial charge is 0.191 e. The molecule has 68 valence electrons. The first-order valence-corrected chi connectivity index (χ1v) is 4.62. The van der Waals surface area contributed by atoms with Crippen molar-refractivity contribution in [2.45, 2.75) is 13.5 Å². The number of halogens is 1. The summed E-state index contributed by atoms with van der Waals surface area (Å²) < 4.78 is 7.84. The molecule has 0 aliphatic heterocycles. The minimum Gasteiger partial charge on any atom is -0.449 e. The van der Waals surface area contributed by atoms with Gasteiger partial charge >= 0.3 is 0 Å². The Labute approximate surface area is 83.7 Å². The molecule has 0 unspecified atom stereocenters. The largest absolute Gasteiger partial charge is 0.449 e. The van der Waals surface area contributed by atoms with Crippen molar-refractivity contribution in [2.75, 3.05) is 0 Å². The van der Waals surface area contributed by atoms with Gasteiger partial charge in [0, 0.05) is 13.1 Å². The van der Waals surface area contributed by atoms with Gasteiger partial charge in [-0.3, -0.25) is 4.68 Å². The molecule has 2 aromatic heterocycles. The van der Waals surface area contributed by atoms with E-state index in [-0.39, 0.29) is 0 Å². The second kappa shape index (κ2) is 3.33. The van der Waals surface area contributed by atoms with Gasteiger partial charge in [-0.2, -0.15) is 5.10 Å². The van der Waals surface area contributed by atoms with Crippen molar-refractivity contribution < 1.29 is 4.42 Å². The summed E-state index contributed by atoms with van der Waals surface area (Å²) in [5.41, 5.74) is 0.883. The summed E-state index contributed by atoms with van der Waals surface area (Å²) in [5.74, 6) is 0.682. The molecule has 0 aliphatic rings. The molecule has 4 nitrogen and oxygen atoms in total. The Bertz CT molecular complexity index is 369. The topological polar surface area (TPSA) is 43.9 Å². The molecule has 5 heteroatoms. The van der Waals surface area contributed by atoms with Crippen molar-refractivity contribution in [3.8, 4) is 0 Å². The zero-order chi connectivity index (χ0) is 9.26. The van der Waals surface area contributed by atoms with Gasteiger partial charge in [0.05, 0.1) is 17.2 Å². The van der Waals surface area contributed by atoms with Crippen LogP contribution in [0.4, 0.5) is 0 Å². The van der Waals surface area contributed by atoms with Crippen LogP contribution in [0.5, 0.6) is 0 Å². The molecule has 13 heavy (non-hydrogen) atoms.